The first-order valence-electron chi connectivity index (χ1n) is 4.72. The number of fused-ring (bicyclic) bond motifs is 1. The van der Waals surface area contributed by atoms with Crippen LogP contribution in [-0.2, 0) is 4.74 Å². The average Bonchev–Trinajstić information content (AvgIpc) is 2.46. The van der Waals surface area contributed by atoms with Crippen LogP contribution in [0.15, 0.2) is 4.99 Å². The molecule has 2 aliphatic heterocycles. The van der Waals surface area contributed by atoms with E-state index in [0.717, 1.165) is 25.4 Å². The molecular weight excluding hydrogens is 152 g/mol. The maximum absolute atomic E-state index is 5.74. The van der Waals surface area contributed by atoms with E-state index in [0.29, 0.717) is 18.1 Å². The fourth-order valence-corrected chi connectivity index (χ4v) is 1.72. The summed E-state index contributed by atoms with van der Waals surface area (Å²) in [6.07, 6.45) is 1.47. The first-order valence-corrected chi connectivity index (χ1v) is 4.72. The summed E-state index contributed by atoms with van der Waals surface area (Å²) in [5, 5.41) is 3.33. The van der Waals surface area contributed by atoms with Crippen molar-refractivity contribution in [2.24, 2.45) is 10.9 Å². The van der Waals surface area contributed by atoms with Gasteiger partial charge in [-0.3, -0.25) is 0 Å². The van der Waals surface area contributed by atoms with Crippen molar-refractivity contribution in [3.63, 3.8) is 0 Å². The summed E-state index contributed by atoms with van der Waals surface area (Å²) in [4.78, 5) is 4.54. The van der Waals surface area contributed by atoms with Gasteiger partial charge in [0.05, 0.1) is 0 Å². The van der Waals surface area contributed by atoms with Crippen LogP contribution < -0.4 is 5.32 Å². The molecule has 0 aromatic rings. The van der Waals surface area contributed by atoms with E-state index < -0.39 is 0 Å². The van der Waals surface area contributed by atoms with Gasteiger partial charge in [-0.1, -0.05) is 13.8 Å². The van der Waals surface area contributed by atoms with Crippen molar-refractivity contribution in [2.75, 3.05) is 13.1 Å². The second-order valence-electron chi connectivity index (χ2n) is 3.84. The lowest BCUT2D eigenvalue weighted by Crippen LogP contribution is -2.41. The van der Waals surface area contributed by atoms with Crippen molar-refractivity contribution in [1.82, 2.24) is 5.32 Å². The molecule has 0 bridgehead atoms. The van der Waals surface area contributed by atoms with E-state index in [4.69, 9.17) is 4.74 Å². The Hall–Kier alpha value is -0.570. The molecule has 1 saturated heterocycles. The zero-order valence-corrected chi connectivity index (χ0v) is 7.71. The van der Waals surface area contributed by atoms with E-state index in [1.807, 2.05) is 0 Å². The molecule has 2 heterocycles. The third-order valence-corrected chi connectivity index (χ3v) is 2.45. The number of hydrogen-bond donors (Lipinski definition) is 1. The minimum Gasteiger partial charge on any atom is -0.475 e. The van der Waals surface area contributed by atoms with Crippen molar-refractivity contribution < 1.29 is 4.74 Å². The number of aliphatic imine (C=N–C) groups is 1. The molecule has 1 fully saturated rings. The molecule has 2 aliphatic rings. The van der Waals surface area contributed by atoms with Gasteiger partial charge in [-0.05, 0) is 13.0 Å². The second-order valence-corrected chi connectivity index (χ2v) is 3.84. The summed E-state index contributed by atoms with van der Waals surface area (Å²) in [6, 6.07) is 0.385. The van der Waals surface area contributed by atoms with Gasteiger partial charge in [-0.2, -0.15) is 0 Å². The fourth-order valence-electron chi connectivity index (χ4n) is 1.72. The number of nitrogens with zero attached hydrogens (tertiary/aromatic N) is 1. The van der Waals surface area contributed by atoms with Crippen LogP contribution in [0.3, 0.4) is 0 Å². The maximum Gasteiger partial charge on any atom is 0.186 e. The molecule has 0 aromatic carbocycles. The molecule has 2 atom stereocenters. The Balaban J connectivity index is 2.04. The van der Waals surface area contributed by atoms with E-state index in [1.165, 1.54) is 0 Å². The Bertz CT molecular complexity index is 201. The van der Waals surface area contributed by atoms with E-state index in [1.54, 1.807) is 0 Å². The van der Waals surface area contributed by atoms with Crippen molar-refractivity contribution in [1.29, 1.82) is 0 Å². The molecule has 3 nitrogen and oxygen atoms in total. The zero-order chi connectivity index (χ0) is 8.55. The quantitative estimate of drug-likeness (QED) is 0.628. The lowest BCUT2D eigenvalue weighted by atomic mass is 10.1. The molecule has 0 spiro atoms. The Morgan fingerprint density at radius 1 is 1.58 bits per heavy atom. The molecule has 0 radical (unpaired) electrons. The smallest absolute Gasteiger partial charge is 0.186 e. The van der Waals surface area contributed by atoms with Gasteiger partial charge in [-0.25, -0.2) is 4.99 Å². The first kappa shape index (κ1) is 8.05. The monoisotopic (exact) mass is 168 g/mol. The molecule has 0 amide bonds. The molecule has 0 aliphatic carbocycles. The SMILES string of the molecule is CC(C)C1=NC2CNCCC2O1. The van der Waals surface area contributed by atoms with Gasteiger partial charge in [0.25, 0.3) is 0 Å². The van der Waals surface area contributed by atoms with Gasteiger partial charge in [0.15, 0.2) is 5.90 Å². The number of hydrogen-bond acceptors (Lipinski definition) is 3. The van der Waals surface area contributed by atoms with E-state index in [-0.39, 0.29) is 0 Å². The number of rotatable bonds is 1. The molecule has 12 heavy (non-hydrogen) atoms. The van der Waals surface area contributed by atoms with Crippen molar-refractivity contribution in [3.05, 3.63) is 0 Å². The number of nitrogens with one attached hydrogen (secondary N) is 1. The zero-order valence-electron chi connectivity index (χ0n) is 7.71. The van der Waals surface area contributed by atoms with Crippen LogP contribution in [-0.4, -0.2) is 31.1 Å². The van der Waals surface area contributed by atoms with Gasteiger partial charge < -0.3 is 10.1 Å². The Morgan fingerprint density at radius 3 is 3.08 bits per heavy atom. The highest BCUT2D eigenvalue weighted by Gasteiger charge is 2.33. The van der Waals surface area contributed by atoms with E-state index in [2.05, 4.69) is 24.2 Å². The van der Waals surface area contributed by atoms with Gasteiger partial charge in [0, 0.05) is 12.5 Å². The molecular formula is C9H16N2O. The van der Waals surface area contributed by atoms with Gasteiger partial charge in [-0.15, -0.1) is 0 Å². The summed E-state index contributed by atoms with van der Waals surface area (Å²) in [6.45, 7) is 6.32. The standard InChI is InChI=1S/C9H16N2O/c1-6(2)9-11-7-5-10-4-3-8(7)12-9/h6-8,10H,3-5H2,1-2H3. The number of piperidine rings is 1. The predicted octanol–water partition coefficient (Wildman–Crippen LogP) is 0.802. The van der Waals surface area contributed by atoms with Crippen LogP contribution in [0.2, 0.25) is 0 Å². The highest BCUT2D eigenvalue weighted by molar-refractivity contribution is 5.80. The molecule has 0 saturated carbocycles. The van der Waals surface area contributed by atoms with Crippen LogP contribution in [0, 0.1) is 5.92 Å². The fraction of sp³-hybridized carbons (Fsp3) is 0.889. The van der Waals surface area contributed by atoms with Crippen LogP contribution in [0.5, 0.6) is 0 Å². The van der Waals surface area contributed by atoms with Crippen molar-refractivity contribution in [3.8, 4) is 0 Å². The van der Waals surface area contributed by atoms with Crippen molar-refractivity contribution in [2.45, 2.75) is 32.4 Å². The van der Waals surface area contributed by atoms with E-state index >= 15 is 0 Å². The van der Waals surface area contributed by atoms with Gasteiger partial charge >= 0.3 is 0 Å². The molecule has 0 aromatic heterocycles. The first-order chi connectivity index (χ1) is 5.77. The number of ether oxygens (including phenoxy) is 1. The summed E-state index contributed by atoms with van der Waals surface area (Å²) in [5.41, 5.74) is 0. The molecule has 3 heteroatoms. The summed E-state index contributed by atoms with van der Waals surface area (Å²) in [7, 11) is 0. The molecule has 1 N–H and O–H groups in total. The van der Waals surface area contributed by atoms with Crippen LogP contribution in [0.4, 0.5) is 0 Å². The Kier molecular flexibility index (Phi) is 2.05. The van der Waals surface area contributed by atoms with Crippen LogP contribution in [0.1, 0.15) is 20.3 Å². The third kappa shape index (κ3) is 1.33. The predicted molar refractivity (Wildman–Crippen MR) is 48.4 cm³/mol. The molecule has 68 valence electrons. The summed E-state index contributed by atoms with van der Waals surface area (Å²) < 4.78 is 5.74. The minimum atomic E-state index is 0.364. The van der Waals surface area contributed by atoms with Gasteiger partial charge in [0.1, 0.15) is 12.1 Å². The lowest BCUT2D eigenvalue weighted by Gasteiger charge is -2.23. The normalized spacial score (nSPS) is 34.4. The van der Waals surface area contributed by atoms with Crippen molar-refractivity contribution >= 4 is 5.90 Å². The average molecular weight is 168 g/mol. The van der Waals surface area contributed by atoms with Crippen LogP contribution in [0.25, 0.3) is 0 Å². The topological polar surface area (TPSA) is 33.6 Å². The maximum atomic E-state index is 5.74. The van der Waals surface area contributed by atoms with Crippen LogP contribution >= 0.6 is 0 Å². The second kappa shape index (κ2) is 3.05. The summed E-state index contributed by atoms with van der Waals surface area (Å²) >= 11 is 0. The van der Waals surface area contributed by atoms with Gasteiger partial charge in [0.2, 0.25) is 0 Å². The molecule has 2 rings (SSSR count). The Labute approximate surface area is 73.2 Å². The third-order valence-electron chi connectivity index (χ3n) is 2.45. The highest BCUT2D eigenvalue weighted by Crippen LogP contribution is 2.21. The largest absolute Gasteiger partial charge is 0.475 e. The summed E-state index contributed by atoms with van der Waals surface area (Å²) in [5.74, 6) is 1.39. The highest BCUT2D eigenvalue weighted by atomic mass is 16.5. The minimum absolute atomic E-state index is 0.364. The molecule has 2 unspecified atom stereocenters. The lowest BCUT2D eigenvalue weighted by molar-refractivity contribution is 0.154. The Morgan fingerprint density at radius 2 is 2.42 bits per heavy atom. The van der Waals surface area contributed by atoms with E-state index in [9.17, 15) is 0 Å².